The van der Waals surface area contributed by atoms with Crippen LogP contribution in [0.2, 0.25) is 12.1 Å². The molecule has 15 heavy (non-hydrogen) atoms. The number of rotatable bonds is 6. The molecule has 3 heteroatoms. The highest BCUT2D eigenvalue weighted by atomic mass is 28.3. The van der Waals surface area contributed by atoms with Gasteiger partial charge in [-0.2, -0.15) is 0 Å². The maximum atomic E-state index is 5.74. The third-order valence-electron chi connectivity index (χ3n) is 3.48. The first-order valence-electron chi connectivity index (χ1n) is 6.52. The van der Waals surface area contributed by atoms with Crippen molar-refractivity contribution in [1.29, 1.82) is 0 Å². The van der Waals surface area contributed by atoms with Crippen LogP contribution in [-0.2, 0) is 9.47 Å². The van der Waals surface area contributed by atoms with Gasteiger partial charge in [-0.15, -0.1) is 0 Å². The smallest absolute Gasteiger partial charge is 0.138 e. The van der Waals surface area contributed by atoms with Crippen molar-refractivity contribution in [2.45, 2.75) is 64.0 Å². The van der Waals surface area contributed by atoms with Crippen molar-refractivity contribution in [2.75, 3.05) is 13.2 Å². The molecular weight excluding hydrogens is 204 g/mol. The maximum absolute atomic E-state index is 5.74. The number of hydrogen-bond donors (Lipinski definition) is 0. The first kappa shape index (κ1) is 13.2. The van der Waals surface area contributed by atoms with Crippen LogP contribution in [0.5, 0.6) is 0 Å². The van der Waals surface area contributed by atoms with Crippen LogP contribution in [0, 0.1) is 0 Å². The third-order valence-corrected chi connectivity index (χ3v) is 6.88. The molecule has 1 saturated carbocycles. The molecule has 90 valence electrons. The maximum Gasteiger partial charge on any atom is 0.138 e. The topological polar surface area (TPSA) is 18.5 Å². The predicted octanol–water partition coefficient (Wildman–Crippen LogP) is 3.12. The summed E-state index contributed by atoms with van der Waals surface area (Å²) < 4.78 is 11.5. The minimum atomic E-state index is -0.878. The first-order chi connectivity index (χ1) is 7.29. The van der Waals surface area contributed by atoms with E-state index >= 15 is 0 Å². The van der Waals surface area contributed by atoms with Crippen LogP contribution in [0.4, 0.5) is 0 Å². The third kappa shape index (κ3) is 4.25. The zero-order valence-electron chi connectivity index (χ0n) is 10.5. The van der Waals surface area contributed by atoms with Gasteiger partial charge in [0.25, 0.3) is 0 Å². The van der Waals surface area contributed by atoms with Crippen molar-refractivity contribution in [3.8, 4) is 0 Å². The van der Waals surface area contributed by atoms with E-state index in [1.807, 2.05) is 0 Å². The molecular formula is C12H26O2Si. The molecule has 0 N–H and O–H groups in total. The van der Waals surface area contributed by atoms with Crippen molar-refractivity contribution in [3.05, 3.63) is 0 Å². The van der Waals surface area contributed by atoms with Gasteiger partial charge in [-0.25, -0.2) is 0 Å². The second kappa shape index (κ2) is 7.42. The van der Waals surface area contributed by atoms with Crippen LogP contribution in [0.1, 0.15) is 46.0 Å². The van der Waals surface area contributed by atoms with Crippen LogP contribution in [-0.4, -0.2) is 27.9 Å². The zero-order chi connectivity index (χ0) is 11.1. The van der Waals surface area contributed by atoms with Gasteiger partial charge >= 0.3 is 0 Å². The molecule has 0 aliphatic heterocycles. The highest BCUT2D eigenvalue weighted by Crippen LogP contribution is 2.32. The lowest BCUT2D eigenvalue weighted by atomic mass is 10.0. The Kier molecular flexibility index (Phi) is 6.53. The molecule has 1 rings (SSSR count). The minimum Gasteiger partial charge on any atom is -0.357 e. The molecule has 1 atom stereocenters. The Labute approximate surface area is 96.0 Å². The fourth-order valence-corrected chi connectivity index (χ4v) is 5.52. The molecule has 0 spiro atoms. The van der Waals surface area contributed by atoms with Crippen molar-refractivity contribution in [3.63, 3.8) is 0 Å². The monoisotopic (exact) mass is 230 g/mol. The Morgan fingerprint density at radius 3 is 2.07 bits per heavy atom. The Hall–Kier alpha value is 0.137. The quantitative estimate of drug-likeness (QED) is 0.515. The Morgan fingerprint density at radius 1 is 1.07 bits per heavy atom. The highest BCUT2D eigenvalue weighted by molar-refractivity contribution is 6.60. The van der Waals surface area contributed by atoms with Gasteiger partial charge in [0, 0.05) is 13.2 Å². The standard InChI is InChI=1S/C12H26O2Si/c1-4-13-12(14-5-2)15(3)11-9-7-6-8-10-11/h11-12,15H,4-10H2,1-3H3. The summed E-state index contributed by atoms with van der Waals surface area (Å²) in [7, 11) is -0.878. The van der Waals surface area contributed by atoms with E-state index < -0.39 is 8.80 Å². The van der Waals surface area contributed by atoms with Gasteiger partial charge in [-0.3, -0.25) is 0 Å². The van der Waals surface area contributed by atoms with E-state index in [0.29, 0.717) is 0 Å². The lowest BCUT2D eigenvalue weighted by Gasteiger charge is -2.31. The minimum absolute atomic E-state index is 0.156. The summed E-state index contributed by atoms with van der Waals surface area (Å²) in [6.07, 6.45) is 7.12. The van der Waals surface area contributed by atoms with Gasteiger partial charge < -0.3 is 9.47 Å². The number of hydrogen-bond acceptors (Lipinski definition) is 2. The highest BCUT2D eigenvalue weighted by Gasteiger charge is 2.29. The van der Waals surface area contributed by atoms with E-state index in [2.05, 4.69) is 20.4 Å². The molecule has 1 fully saturated rings. The largest absolute Gasteiger partial charge is 0.357 e. The average Bonchev–Trinajstić information content (AvgIpc) is 2.29. The summed E-state index contributed by atoms with van der Waals surface area (Å²) in [5.41, 5.74) is 0.946. The van der Waals surface area contributed by atoms with E-state index in [1.165, 1.54) is 32.1 Å². The summed E-state index contributed by atoms with van der Waals surface area (Å²) in [6.45, 7) is 8.12. The van der Waals surface area contributed by atoms with Gasteiger partial charge in [-0.1, -0.05) is 38.7 Å². The SMILES string of the molecule is CCOC(OCC)[SiH](C)C1CCCCC1. The molecule has 1 aliphatic rings. The molecule has 0 aromatic heterocycles. The second-order valence-electron chi connectivity index (χ2n) is 4.54. The van der Waals surface area contributed by atoms with Crippen LogP contribution < -0.4 is 0 Å². The lowest BCUT2D eigenvalue weighted by molar-refractivity contribution is -0.0863. The zero-order valence-corrected chi connectivity index (χ0v) is 11.7. The van der Waals surface area contributed by atoms with Crippen molar-refractivity contribution in [2.24, 2.45) is 0 Å². The van der Waals surface area contributed by atoms with Crippen LogP contribution in [0.25, 0.3) is 0 Å². The van der Waals surface area contributed by atoms with Gasteiger partial charge in [0.1, 0.15) is 14.7 Å². The van der Waals surface area contributed by atoms with E-state index in [-0.39, 0.29) is 5.91 Å². The van der Waals surface area contributed by atoms with Crippen molar-refractivity contribution in [1.82, 2.24) is 0 Å². The summed E-state index contributed by atoms with van der Waals surface area (Å²) >= 11 is 0. The normalized spacial score (nSPS) is 20.8. The van der Waals surface area contributed by atoms with Crippen molar-refractivity contribution >= 4 is 8.80 Å². The van der Waals surface area contributed by atoms with Gasteiger partial charge in [0.15, 0.2) is 0 Å². The second-order valence-corrected chi connectivity index (χ2v) is 7.74. The van der Waals surface area contributed by atoms with Crippen molar-refractivity contribution < 1.29 is 9.47 Å². The summed E-state index contributed by atoms with van der Waals surface area (Å²) in [6, 6.07) is 0. The average molecular weight is 230 g/mol. The van der Waals surface area contributed by atoms with Crippen LogP contribution in [0.3, 0.4) is 0 Å². The molecule has 1 unspecified atom stereocenters. The van der Waals surface area contributed by atoms with Gasteiger partial charge in [0.2, 0.25) is 0 Å². The Bertz CT molecular complexity index is 152. The lowest BCUT2D eigenvalue weighted by Crippen LogP contribution is -2.38. The molecule has 0 bridgehead atoms. The molecule has 0 heterocycles. The fraction of sp³-hybridized carbons (Fsp3) is 1.00. The molecule has 0 amide bonds. The molecule has 0 radical (unpaired) electrons. The number of ether oxygens (including phenoxy) is 2. The molecule has 1 aliphatic carbocycles. The van der Waals surface area contributed by atoms with Crippen LogP contribution in [0.15, 0.2) is 0 Å². The van der Waals surface area contributed by atoms with E-state index in [0.717, 1.165) is 18.8 Å². The Morgan fingerprint density at radius 2 is 1.60 bits per heavy atom. The van der Waals surface area contributed by atoms with Gasteiger partial charge in [-0.05, 0) is 19.4 Å². The van der Waals surface area contributed by atoms with E-state index in [9.17, 15) is 0 Å². The summed E-state index contributed by atoms with van der Waals surface area (Å²) in [5, 5.41) is 0. The van der Waals surface area contributed by atoms with E-state index in [1.54, 1.807) is 0 Å². The summed E-state index contributed by atoms with van der Waals surface area (Å²) in [4.78, 5) is 0. The first-order valence-corrected chi connectivity index (χ1v) is 9.01. The fourth-order valence-electron chi connectivity index (χ4n) is 2.56. The molecule has 0 saturated heterocycles. The predicted molar refractivity (Wildman–Crippen MR) is 66.9 cm³/mol. The Balaban J connectivity index is 2.41. The molecule has 0 aromatic rings. The molecule has 0 aromatic carbocycles. The summed E-state index contributed by atoms with van der Waals surface area (Å²) in [5.74, 6) is 0.156. The molecule has 2 nitrogen and oxygen atoms in total. The van der Waals surface area contributed by atoms with E-state index in [4.69, 9.17) is 9.47 Å². The van der Waals surface area contributed by atoms with Gasteiger partial charge in [0.05, 0.1) is 0 Å². The van der Waals surface area contributed by atoms with Crippen LogP contribution >= 0.6 is 0 Å².